The van der Waals surface area contributed by atoms with Crippen LogP contribution in [-0.2, 0) is 11.2 Å². The molecule has 0 radical (unpaired) electrons. The van der Waals surface area contributed by atoms with Crippen molar-refractivity contribution >= 4 is 18.3 Å². The lowest BCUT2D eigenvalue weighted by molar-refractivity contribution is -0.122. The molecule has 1 aliphatic heterocycles. The molecule has 1 aromatic rings. The van der Waals surface area contributed by atoms with Crippen LogP contribution < -0.4 is 10.6 Å². The summed E-state index contributed by atoms with van der Waals surface area (Å²) in [5.74, 6) is 0.728. The molecular formula is C18H29ClN2O. The second-order valence-electron chi connectivity index (χ2n) is 6.46. The summed E-state index contributed by atoms with van der Waals surface area (Å²) in [6.45, 7) is 7.61. The lowest BCUT2D eigenvalue weighted by Gasteiger charge is -2.30. The summed E-state index contributed by atoms with van der Waals surface area (Å²) in [6.07, 6.45) is 3.62. The van der Waals surface area contributed by atoms with Crippen LogP contribution in [0.15, 0.2) is 24.3 Å². The number of carbonyl (C=O) groups is 1. The number of carbonyl (C=O) groups excluding carboxylic acids is 1. The van der Waals surface area contributed by atoms with Crippen molar-refractivity contribution < 1.29 is 4.79 Å². The van der Waals surface area contributed by atoms with Crippen LogP contribution in [0.3, 0.4) is 0 Å². The molecule has 3 nitrogen and oxygen atoms in total. The third-order valence-electron chi connectivity index (χ3n) is 4.40. The summed E-state index contributed by atoms with van der Waals surface area (Å²) in [5, 5.41) is 6.58. The Balaban J connectivity index is 0.00000242. The van der Waals surface area contributed by atoms with Gasteiger partial charge in [-0.05, 0) is 49.8 Å². The van der Waals surface area contributed by atoms with Crippen LogP contribution in [0.1, 0.15) is 57.1 Å². The third-order valence-corrected chi connectivity index (χ3v) is 4.40. The minimum absolute atomic E-state index is 0. The zero-order valence-electron chi connectivity index (χ0n) is 13.9. The second-order valence-corrected chi connectivity index (χ2v) is 6.46. The van der Waals surface area contributed by atoms with Gasteiger partial charge >= 0.3 is 0 Å². The molecule has 2 N–H and O–H groups in total. The zero-order chi connectivity index (χ0) is 15.2. The van der Waals surface area contributed by atoms with E-state index in [1.807, 2.05) is 0 Å². The third kappa shape index (κ3) is 5.62. The highest BCUT2D eigenvalue weighted by Gasteiger charge is 2.21. The number of benzene rings is 1. The molecule has 4 heteroatoms. The maximum absolute atomic E-state index is 12.1. The Hall–Kier alpha value is -1.06. The predicted octanol–water partition coefficient (Wildman–Crippen LogP) is 3.42. The van der Waals surface area contributed by atoms with Crippen LogP contribution in [0.2, 0.25) is 0 Å². The fourth-order valence-electron chi connectivity index (χ4n) is 2.85. The lowest BCUT2D eigenvalue weighted by atomic mass is 9.99. The van der Waals surface area contributed by atoms with Crippen LogP contribution in [-0.4, -0.2) is 24.5 Å². The molecule has 1 fully saturated rings. The van der Waals surface area contributed by atoms with Gasteiger partial charge in [0.25, 0.3) is 0 Å². The Morgan fingerprint density at radius 1 is 1.32 bits per heavy atom. The van der Waals surface area contributed by atoms with E-state index < -0.39 is 0 Å². The van der Waals surface area contributed by atoms with Crippen LogP contribution in [0, 0.1) is 0 Å². The highest BCUT2D eigenvalue weighted by Crippen LogP contribution is 2.15. The minimum Gasteiger partial charge on any atom is -0.352 e. The van der Waals surface area contributed by atoms with E-state index in [1.54, 1.807) is 0 Å². The SMILES string of the molecule is CC(C)c1ccc(CCC(=O)NC2CCCNC2C)cc1.Cl. The molecule has 0 bridgehead atoms. The predicted molar refractivity (Wildman–Crippen MR) is 94.7 cm³/mol. The smallest absolute Gasteiger partial charge is 0.220 e. The molecule has 1 aliphatic rings. The van der Waals surface area contributed by atoms with E-state index in [-0.39, 0.29) is 24.4 Å². The average Bonchev–Trinajstić information content (AvgIpc) is 2.48. The van der Waals surface area contributed by atoms with Gasteiger partial charge in [-0.25, -0.2) is 0 Å². The molecule has 22 heavy (non-hydrogen) atoms. The fourth-order valence-corrected chi connectivity index (χ4v) is 2.85. The zero-order valence-corrected chi connectivity index (χ0v) is 14.7. The van der Waals surface area contributed by atoms with E-state index in [0.717, 1.165) is 25.8 Å². The van der Waals surface area contributed by atoms with Gasteiger partial charge in [-0.2, -0.15) is 0 Å². The highest BCUT2D eigenvalue weighted by molar-refractivity contribution is 5.85. The summed E-state index contributed by atoms with van der Waals surface area (Å²) >= 11 is 0. The molecule has 1 amide bonds. The molecule has 0 aliphatic carbocycles. The van der Waals surface area contributed by atoms with Gasteiger partial charge in [0.2, 0.25) is 5.91 Å². The van der Waals surface area contributed by atoms with Gasteiger partial charge in [-0.15, -0.1) is 12.4 Å². The van der Waals surface area contributed by atoms with Gasteiger partial charge in [0.15, 0.2) is 0 Å². The molecule has 1 aromatic carbocycles. The first-order valence-electron chi connectivity index (χ1n) is 8.18. The maximum atomic E-state index is 12.1. The van der Waals surface area contributed by atoms with Gasteiger partial charge < -0.3 is 10.6 Å². The van der Waals surface area contributed by atoms with Crippen molar-refractivity contribution in [3.8, 4) is 0 Å². The van der Waals surface area contributed by atoms with E-state index in [2.05, 4.69) is 55.7 Å². The Morgan fingerprint density at radius 2 is 2.00 bits per heavy atom. The number of amides is 1. The molecule has 0 spiro atoms. The summed E-state index contributed by atoms with van der Waals surface area (Å²) in [6, 6.07) is 9.30. The largest absolute Gasteiger partial charge is 0.352 e. The van der Waals surface area contributed by atoms with Crippen LogP contribution in [0.5, 0.6) is 0 Å². The van der Waals surface area contributed by atoms with E-state index in [1.165, 1.54) is 11.1 Å². The van der Waals surface area contributed by atoms with Crippen LogP contribution >= 0.6 is 12.4 Å². The summed E-state index contributed by atoms with van der Waals surface area (Å²) in [5.41, 5.74) is 2.59. The van der Waals surface area contributed by atoms with Crippen molar-refractivity contribution in [2.45, 2.75) is 64.5 Å². The molecular weight excluding hydrogens is 296 g/mol. The standard InChI is InChI=1S/C18H28N2O.ClH/c1-13(2)16-9-6-15(7-10-16)8-11-18(21)20-17-5-4-12-19-14(17)3;/h6-7,9-10,13-14,17,19H,4-5,8,11-12H2,1-3H3,(H,20,21);1H. The van der Waals surface area contributed by atoms with E-state index in [0.29, 0.717) is 18.4 Å². The maximum Gasteiger partial charge on any atom is 0.220 e. The van der Waals surface area contributed by atoms with Crippen molar-refractivity contribution in [1.29, 1.82) is 0 Å². The molecule has 124 valence electrons. The van der Waals surface area contributed by atoms with E-state index >= 15 is 0 Å². The van der Waals surface area contributed by atoms with Crippen molar-refractivity contribution in [2.75, 3.05) is 6.54 Å². The number of rotatable bonds is 5. The van der Waals surface area contributed by atoms with E-state index in [4.69, 9.17) is 0 Å². The van der Waals surface area contributed by atoms with Crippen molar-refractivity contribution in [3.63, 3.8) is 0 Å². The number of halogens is 1. The molecule has 0 aromatic heterocycles. The van der Waals surface area contributed by atoms with Crippen LogP contribution in [0.4, 0.5) is 0 Å². The first-order chi connectivity index (χ1) is 10.1. The monoisotopic (exact) mass is 324 g/mol. The first-order valence-corrected chi connectivity index (χ1v) is 8.18. The molecule has 1 saturated heterocycles. The molecule has 2 unspecified atom stereocenters. The molecule has 1 heterocycles. The Morgan fingerprint density at radius 3 is 2.59 bits per heavy atom. The van der Waals surface area contributed by atoms with Crippen molar-refractivity contribution in [3.05, 3.63) is 35.4 Å². The number of aryl methyl sites for hydroxylation is 1. The Kier molecular flexibility index (Phi) is 7.91. The first kappa shape index (κ1) is 19.0. The summed E-state index contributed by atoms with van der Waals surface area (Å²) in [7, 11) is 0. The van der Waals surface area contributed by atoms with Gasteiger partial charge in [-0.3, -0.25) is 4.79 Å². The molecule has 2 rings (SSSR count). The van der Waals surface area contributed by atoms with Crippen molar-refractivity contribution in [2.24, 2.45) is 0 Å². The average molecular weight is 325 g/mol. The van der Waals surface area contributed by atoms with Crippen LogP contribution in [0.25, 0.3) is 0 Å². The van der Waals surface area contributed by atoms with Gasteiger partial charge in [-0.1, -0.05) is 38.1 Å². The lowest BCUT2D eigenvalue weighted by Crippen LogP contribution is -2.51. The molecule has 2 atom stereocenters. The van der Waals surface area contributed by atoms with Gasteiger partial charge in [0.1, 0.15) is 0 Å². The van der Waals surface area contributed by atoms with Gasteiger partial charge in [0, 0.05) is 18.5 Å². The Labute approximate surface area is 140 Å². The summed E-state index contributed by atoms with van der Waals surface area (Å²) < 4.78 is 0. The number of piperidine rings is 1. The van der Waals surface area contributed by atoms with Gasteiger partial charge in [0.05, 0.1) is 0 Å². The number of hydrogen-bond acceptors (Lipinski definition) is 2. The van der Waals surface area contributed by atoms with E-state index in [9.17, 15) is 4.79 Å². The topological polar surface area (TPSA) is 41.1 Å². The van der Waals surface area contributed by atoms with Crippen molar-refractivity contribution in [1.82, 2.24) is 10.6 Å². The molecule has 0 saturated carbocycles. The normalized spacial score (nSPS) is 21.3. The fraction of sp³-hybridized carbons (Fsp3) is 0.611. The number of nitrogens with one attached hydrogen (secondary N) is 2. The second kappa shape index (κ2) is 9.16. The summed E-state index contributed by atoms with van der Waals surface area (Å²) in [4.78, 5) is 12.1. The Bertz CT molecular complexity index is 459. The number of hydrogen-bond donors (Lipinski definition) is 2. The quantitative estimate of drug-likeness (QED) is 0.871. The highest BCUT2D eigenvalue weighted by atomic mass is 35.5. The minimum atomic E-state index is 0.